The molecule has 0 bridgehead atoms. The summed E-state index contributed by atoms with van der Waals surface area (Å²) >= 11 is 3.41. The molecule has 3 rings (SSSR count). The molecular weight excluding hydrogens is 308 g/mol. The van der Waals surface area contributed by atoms with E-state index in [0.29, 0.717) is 6.54 Å². The number of hydrogen-bond acceptors (Lipinski definition) is 3. The van der Waals surface area contributed by atoms with Crippen molar-refractivity contribution in [3.63, 3.8) is 0 Å². The molecule has 1 aromatic heterocycles. The summed E-state index contributed by atoms with van der Waals surface area (Å²) in [7, 11) is 0. The molecule has 1 saturated carbocycles. The molecule has 19 heavy (non-hydrogen) atoms. The fourth-order valence-electron chi connectivity index (χ4n) is 3.66. The summed E-state index contributed by atoms with van der Waals surface area (Å²) in [5.74, 6) is 0.570. The average Bonchev–Trinajstić information content (AvgIpc) is 2.85. The maximum absolute atomic E-state index is 11.7. The highest BCUT2D eigenvalue weighted by Gasteiger charge is 2.55. The van der Waals surface area contributed by atoms with Crippen molar-refractivity contribution < 1.29 is 9.90 Å². The quantitative estimate of drug-likeness (QED) is 0.908. The van der Waals surface area contributed by atoms with Gasteiger partial charge in [0.2, 0.25) is 0 Å². The fourth-order valence-corrected chi connectivity index (χ4v) is 4.11. The molecular formula is C14H17BrN2O2. The molecule has 0 unspecified atom stereocenters. The lowest BCUT2D eigenvalue weighted by Gasteiger charge is -2.24. The van der Waals surface area contributed by atoms with Crippen LogP contribution < -0.4 is 4.90 Å². The number of carbonyl (C=O) groups is 1. The highest BCUT2D eigenvalue weighted by atomic mass is 79.9. The number of nitrogens with zero attached hydrogens (tertiary/aromatic N) is 2. The lowest BCUT2D eigenvalue weighted by molar-refractivity contribution is -0.149. The second-order valence-corrected chi connectivity index (χ2v) is 6.64. The Morgan fingerprint density at radius 3 is 3.05 bits per heavy atom. The smallest absolute Gasteiger partial charge is 0.311 e. The molecule has 4 nitrogen and oxygen atoms in total. The van der Waals surface area contributed by atoms with Crippen LogP contribution in [0, 0.1) is 18.3 Å². The maximum atomic E-state index is 11.7. The van der Waals surface area contributed by atoms with Gasteiger partial charge in [0.15, 0.2) is 0 Å². The largest absolute Gasteiger partial charge is 0.481 e. The van der Waals surface area contributed by atoms with Crippen molar-refractivity contribution in [3.8, 4) is 0 Å². The van der Waals surface area contributed by atoms with Gasteiger partial charge in [-0.2, -0.15) is 0 Å². The van der Waals surface area contributed by atoms with E-state index in [-0.39, 0.29) is 5.92 Å². The Hall–Kier alpha value is -1.10. The van der Waals surface area contributed by atoms with Gasteiger partial charge in [-0.3, -0.25) is 4.79 Å². The third kappa shape index (κ3) is 1.95. The van der Waals surface area contributed by atoms with Crippen molar-refractivity contribution in [3.05, 3.63) is 22.3 Å². The number of aromatic nitrogens is 1. The second kappa shape index (κ2) is 4.47. The molecule has 2 atom stereocenters. The molecule has 1 N–H and O–H groups in total. The van der Waals surface area contributed by atoms with Gasteiger partial charge in [-0.05, 0) is 53.2 Å². The molecule has 1 aromatic rings. The second-order valence-electron chi connectivity index (χ2n) is 5.73. The minimum atomic E-state index is -0.632. The van der Waals surface area contributed by atoms with E-state index in [1.807, 2.05) is 13.0 Å². The van der Waals surface area contributed by atoms with E-state index >= 15 is 0 Å². The molecule has 1 saturated heterocycles. The molecule has 102 valence electrons. The molecule has 0 aromatic carbocycles. The van der Waals surface area contributed by atoms with E-state index < -0.39 is 11.4 Å². The average molecular weight is 325 g/mol. The zero-order chi connectivity index (χ0) is 13.6. The molecule has 0 spiro atoms. The minimum Gasteiger partial charge on any atom is -0.481 e. The lowest BCUT2D eigenvalue weighted by Crippen LogP contribution is -2.36. The van der Waals surface area contributed by atoms with Crippen LogP contribution in [0.5, 0.6) is 0 Å². The van der Waals surface area contributed by atoms with Crippen molar-refractivity contribution in [2.24, 2.45) is 11.3 Å². The van der Waals surface area contributed by atoms with Crippen molar-refractivity contribution in [2.75, 3.05) is 18.0 Å². The first-order valence-corrected chi connectivity index (χ1v) is 7.43. The number of carboxylic acids is 1. The first-order valence-electron chi connectivity index (χ1n) is 6.63. The number of aryl methyl sites for hydroxylation is 1. The highest BCUT2D eigenvalue weighted by molar-refractivity contribution is 9.10. The molecule has 2 aliphatic rings. The Morgan fingerprint density at radius 2 is 2.42 bits per heavy atom. The van der Waals surface area contributed by atoms with Crippen molar-refractivity contribution in [2.45, 2.75) is 26.2 Å². The number of aliphatic carboxylic acids is 1. The Kier molecular flexibility index (Phi) is 3.04. The van der Waals surface area contributed by atoms with Crippen LogP contribution in [-0.4, -0.2) is 29.1 Å². The summed E-state index contributed by atoms with van der Waals surface area (Å²) in [6.07, 6.45) is 4.65. The summed E-state index contributed by atoms with van der Waals surface area (Å²) in [5.41, 5.74) is 0.552. The van der Waals surface area contributed by atoms with Gasteiger partial charge in [0.05, 0.1) is 5.41 Å². The van der Waals surface area contributed by atoms with Gasteiger partial charge in [0.1, 0.15) is 5.82 Å². The third-order valence-electron chi connectivity index (χ3n) is 4.61. The number of rotatable bonds is 2. The molecule has 2 heterocycles. The monoisotopic (exact) mass is 324 g/mol. The summed E-state index contributed by atoms with van der Waals surface area (Å²) in [6, 6.07) is 2.03. The first kappa shape index (κ1) is 12.9. The van der Waals surface area contributed by atoms with Crippen LogP contribution in [-0.2, 0) is 4.79 Å². The predicted octanol–water partition coefficient (Wildman–Crippen LogP) is 2.84. The van der Waals surface area contributed by atoms with Gasteiger partial charge in [-0.1, -0.05) is 6.42 Å². The summed E-state index contributed by atoms with van der Waals surface area (Å²) in [4.78, 5) is 18.3. The topological polar surface area (TPSA) is 53.4 Å². The predicted molar refractivity (Wildman–Crippen MR) is 76.3 cm³/mol. The van der Waals surface area contributed by atoms with E-state index in [0.717, 1.165) is 41.7 Å². The van der Waals surface area contributed by atoms with Crippen LogP contribution in [0.4, 0.5) is 5.82 Å². The van der Waals surface area contributed by atoms with E-state index in [4.69, 9.17) is 0 Å². The number of anilines is 1. The molecule has 5 heteroatoms. The van der Waals surface area contributed by atoms with Gasteiger partial charge in [0.25, 0.3) is 0 Å². The Morgan fingerprint density at radius 1 is 1.63 bits per heavy atom. The Balaban J connectivity index is 1.91. The van der Waals surface area contributed by atoms with E-state index in [1.54, 1.807) is 6.20 Å². The van der Waals surface area contributed by atoms with Gasteiger partial charge < -0.3 is 10.0 Å². The maximum Gasteiger partial charge on any atom is 0.311 e. The van der Waals surface area contributed by atoms with Crippen molar-refractivity contribution in [1.29, 1.82) is 0 Å². The third-order valence-corrected chi connectivity index (χ3v) is 5.05. The zero-order valence-electron chi connectivity index (χ0n) is 10.9. The standard InChI is InChI=1S/C14H17BrN2O2/c1-9-5-11(15)6-16-12(9)17-7-10-3-2-4-14(10,8-17)13(18)19/h5-6,10H,2-4,7-8H2,1H3,(H,18,19)/t10-,14+/m0/s1. The van der Waals surface area contributed by atoms with E-state index in [1.165, 1.54) is 0 Å². The van der Waals surface area contributed by atoms with Crippen LogP contribution in [0.1, 0.15) is 24.8 Å². The minimum absolute atomic E-state index is 0.273. The normalized spacial score (nSPS) is 29.6. The number of hydrogen-bond donors (Lipinski definition) is 1. The van der Waals surface area contributed by atoms with Crippen molar-refractivity contribution in [1.82, 2.24) is 4.98 Å². The van der Waals surface area contributed by atoms with Crippen LogP contribution in [0.15, 0.2) is 16.7 Å². The number of halogens is 1. The van der Waals surface area contributed by atoms with Crippen LogP contribution in [0.2, 0.25) is 0 Å². The lowest BCUT2D eigenvalue weighted by atomic mass is 9.81. The van der Waals surface area contributed by atoms with Crippen LogP contribution >= 0.6 is 15.9 Å². The zero-order valence-corrected chi connectivity index (χ0v) is 12.5. The summed E-state index contributed by atoms with van der Waals surface area (Å²) < 4.78 is 0.959. The van der Waals surface area contributed by atoms with Crippen LogP contribution in [0.25, 0.3) is 0 Å². The van der Waals surface area contributed by atoms with Crippen LogP contribution in [0.3, 0.4) is 0 Å². The number of fused-ring (bicyclic) bond motifs is 1. The molecule has 1 aliphatic heterocycles. The van der Waals surface area contributed by atoms with Crippen molar-refractivity contribution >= 4 is 27.7 Å². The number of carboxylic acid groups (broad SMARTS) is 1. The number of pyridine rings is 1. The SMILES string of the molecule is Cc1cc(Br)cnc1N1C[C@@H]2CCC[C@@]2(C(=O)O)C1. The van der Waals surface area contributed by atoms with E-state index in [9.17, 15) is 9.90 Å². The van der Waals surface area contributed by atoms with Gasteiger partial charge in [-0.25, -0.2) is 4.98 Å². The summed E-state index contributed by atoms with van der Waals surface area (Å²) in [6.45, 7) is 3.44. The summed E-state index contributed by atoms with van der Waals surface area (Å²) in [5, 5.41) is 9.60. The van der Waals surface area contributed by atoms with Gasteiger partial charge >= 0.3 is 5.97 Å². The molecule has 0 amide bonds. The van der Waals surface area contributed by atoms with Gasteiger partial charge in [-0.15, -0.1) is 0 Å². The van der Waals surface area contributed by atoms with E-state index in [2.05, 4.69) is 25.8 Å². The Bertz CT molecular complexity index is 534. The highest BCUT2D eigenvalue weighted by Crippen LogP contribution is 2.49. The first-order chi connectivity index (χ1) is 9.03. The Labute approximate surface area is 121 Å². The fraction of sp³-hybridized carbons (Fsp3) is 0.571. The molecule has 1 aliphatic carbocycles. The molecule has 0 radical (unpaired) electrons. The van der Waals surface area contributed by atoms with Gasteiger partial charge in [0, 0.05) is 23.8 Å². The molecule has 2 fully saturated rings.